The maximum atomic E-state index is 2.42. The van der Waals surface area contributed by atoms with Gasteiger partial charge in [-0.15, -0.1) is 0 Å². The van der Waals surface area contributed by atoms with Gasteiger partial charge in [-0.2, -0.15) is 0 Å². The van der Waals surface area contributed by atoms with E-state index in [-0.39, 0.29) is 0 Å². The average molecular weight is 216 g/mol. The van der Waals surface area contributed by atoms with Crippen LogP contribution in [-0.2, 0) is 0 Å². The number of fused-ring (bicyclic) bond motifs is 1. The van der Waals surface area contributed by atoms with E-state index >= 15 is 0 Å². The van der Waals surface area contributed by atoms with E-state index in [1.165, 1.54) is 19.3 Å². The lowest BCUT2D eigenvalue weighted by atomic mass is 9.64. The second-order valence-electron chi connectivity index (χ2n) is 5.90. The van der Waals surface area contributed by atoms with E-state index < -0.39 is 0 Å². The van der Waals surface area contributed by atoms with E-state index in [1.807, 2.05) is 0 Å². The summed E-state index contributed by atoms with van der Waals surface area (Å²) in [6.07, 6.45) is 13.3. The zero-order valence-electron chi connectivity index (χ0n) is 11.1. The molecule has 2 rings (SSSR count). The van der Waals surface area contributed by atoms with E-state index in [1.54, 1.807) is 11.1 Å². The molecule has 0 radical (unpaired) electrons. The van der Waals surface area contributed by atoms with Crippen molar-refractivity contribution >= 4 is 0 Å². The molecule has 88 valence electrons. The highest BCUT2D eigenvalue weighted by Gasteiger charge is 2.34. The topological polar surface area (TPSA) is 0 Å². The van der Waals surface area contributed by atoms with Crippen LogP contribution in [0.5, 0.6) is 0 Å². The molecule has 0 aromatic carbocycles. The third-order valence-electron chi connectivity index (χ3n) is 4.56. The molecule has 2 atom stereocenters. The summed E-state index contributed by atoms with van der Waals surface area (Å²) in [5, 5.41) is 0. The Balaban J connectivity index is 2.32. The standard InChI is InChI=1S/C16H24/c1-5-16(3,4)15-11-7-9-13-12(2)8-6-10-14(13)15/h7-9,11,13-14H,5-6,10H2,1-4H3. The lowest BCUT2D eigenvalue weighted by Crippen LogP contribution is -2.29. The van der Waals surface area contributed by atoms with Gasteiger partial charge in [-0.3, -0.25) is 0 Å². The molecular formula is C16H24. The minimum Gasteiger partial charge on any atom is -0.0850 e. The Kier molecular flexibility index (Phi) is 3.10. The second-order valence-corrected chi connectivity index (χ2v) is 5.90. The van der Waals surface area contributed by atoms with E-state index in [2.05, 4.69) is 52.0 Å². The molecule has 0 heterocycles. The van der Waals surface area contributed by atoms with Crippen LogP contribution in [-0.4, -0.2) is 0 Å². The zero-order valence-corrected chi connectivity index (χ0v) is 11.1. The van der Waals surface area contributed by atoms with Crippen LogP contribution in [0.3, 0.4) is 0 Å². The molecule has 0 spiro atoms. The van der Waals surface area contributed by atoms with Gasteiger partial charge < -0.3 is 0 Å². The molecule has 0 saturated heterocycles. The molecule has 0 heteroatoms. The van der Waals surface area contributed by atoms with Gasteiger partial charge in [0.2, 0.25) is 0 Å². The summed E-state index contributed by atoms with van der Waals surface area (Å²) >= 11 is 0. The van der Waals surface area contributed by atoms with Crippen molar-refractivity contribution in [2.24, 2.45) is 17.3 Å². The van der Waals surface area contributed by atoms with Crippen LogP contribution < -0.4 is 0 Å². The monoisotopic (exact) mass is 216 g/mol. The Morgan fingerprint density at radius 1 is 1.38 bits per heavy atom. The fraction of sp³-hybridized carbons (Fsp3) is 0.625. The third-order valence-corrected chi connectivity index (χ3v) is 4.56. The third kappa shape index (κ3) is 1.90. The van der Waals surface area contributed by atoms with Gasteiger partial charge in [0.05, 0.1) is 0 Å². The number of hydrogen-bond donors (Lipinski definition) is 0. The summed E-state index contributed by atoms with van der Waals surface area (Å²) in [5.74, 6) is 1.45. The molecule has 0 bridgehead atoms. The molecule has 0 fully saturated rings. The Labute approximate surface area is 100 Å². The van der Waals surface area contributed by atoms with Crippen LogP contribution in [0.15, 0.2) is 35.5 Å². The van der Waals surface area contributed by atoms with Gasteiger partial charge in [0.15, 0.2) is 0 Å². The van der Waals surface area contributed by atoms with Crippen LogP contribution >= 0.6 is 0 Å². The number of rotatable bonds is 2. The van der Waals surface area contributed by atoms with Gasteiger partial charge in [0.1, 0.15) is 0 Å². The van der Waals surface area contributed by atoms with Crippen molar-refractivity contribution in [2.45, 2.75) is 47.0 Å². The van der Waals surface area contributed by atoms with E-state index in [0.717, 1.165) is 5.92 Å². The van der Waals surface area contributed by atoms with Crippen LogP contribution in [0, 0.1) is 17.3 Å². The molecule has 2 unspecified atom stereocenters. The maximum absolute atomic E-state index is 2.42. The smallest absolute Gasteiger partial charge is 0.00430 e. The van der Waals surface area contributed by atoms with Gasteiger partial charge in [-0.25, -0.2) is 0 Å². The first-order valence-corrected chi connectivity index (χ1v) is 6.62. The van der Waals surface area contributed by atoms with Crippen LogP contribution in [0.2, 0.25) is 0 Å². The highest BCUT2D eigenvalue weighted by Crippen LogP contribution is 2.46. The first-order chi connectivity index (χ1) is 7.56. The fourth-order valence-corrected chi connectivity index (χ4v) is 3.09. The molecule has 2 aliphatic carbocycles. The molecule has 2 aliphatic rings. The van der Waals surface area contributed by atoms with Crippen molar-refractivity contribution in [1.29, 1.82) is 0 Å². The Hall–Kier alpha value is -0.780. The minimum atomic E-state index is 0.366. The molecule has 16 heavy (non-hydrogen) atoms. The average Bonchev–Trinajstić information content (AvgIpc) is 2.29. The first kappa shape index (κ1) is 11.7. The van der Waals surface area contributed by atoms with E-state index in [9.17, 15) is 0 Å². The van der Waals surface area contributed by atoms with Crippen molar-refractivity contribution in [2.75, 3.05) is 0 Å². The van der Waals surface area contributed by atoms with Crippen molar-refractivity contribution in [1.82, 2.24) is 0 Å². The molecule has 0 saturated carbocycles. The summed E-state index contributed by atoms with van der Waals surface area (Å²) in [4.78, 5) is 0. The fourth-order valence-electron chi connectivity index (χ4n) is 3.09. The molecule has 0 N–H and O–H groups in total. The molecule has 0 aromatic heterocycles. The molecular weight excluding hydrogens is 192 g/mol. The lowest BCUT2D eigenvalue weighted by molar-refractivity contribution is 0.323. The Morgan fingerprint density at radius 2 is 2.12 bits per heavy atom. The van der Waals surface area contributed by atoms with E-state index in [0.29, 0.717) is 11.3 Å². The zero-order chi connectivity index (χ0) is 11.8. The van der Waals surface area contributed by atoms with Crippen molar-refractivity contribution in [3.05, 3.63) is 35.5 Å². The maximum Gasteiger partial charge on any atom is 0.00430 e. The largest absolute Gasteiger partial charge is 0.0850 e. The second kappa shape index (κ2) is 4.24. The van der Waals surface area contributed by atoms with Gasteiger partial charge >= 0.3 is 0 Å². The lowest BCUT2D eigenvalue weighted by Gasteiger charge is -2.40. The molecule has 0 aliphatic heterocycles. The number of allylic oxidation sites excluding steroid dienone is 6. The van der Waals surface area contributed by atoms with Crippen LogP contribution in [0.4, 0.5) is 0 Å². The van der Waals surface area contributed by atoms with Gasteiger partial charge in [-0.1, -0.05) is 56.2 Å². The minimum absolute atomic E-state index is 0.366. The normalized spacial score (nSPS) is 29.5. The highest BCUT2D eigenvalue weighted by atomic mass is 14.4. The summed E-state index contributed by atoms with van der Waals surface area (Å²) in [6, 6.07) is 0. The van der Waals surface area contributed by atoms with Gasteiger partial charge in [-0.05, 0) is 37.5 Å². The summed E-state index contributed by atoms with van der Waals surface area (Å²) in [7, 11) is 0. The molecule has 0 amide bonds. The predicted molar refractivity (Wildman–Crippen MR) is 71.3 cm³/mol. The first-order valence-electron chi connectivity index (χ1n) is 6.62. The predicted octanol–water partition coefficient (Wildman–Crippen LogP) is 4.89. The van der Waals surface area contributed by atoms with Crippen molar-refractivity contribution in [3.8, 4) is 0 Å². The van der Waals surface area contributed by atoms with Crippen LogP contribution in [0.25, 0.3) is 0 Å². The summed E-state index contributed by atoms with van der Waals surface area (Å²) in [5.41, 5.74) is 3.62. The van der Waals surface area contributed by atoms with Crippen molar-refractivity contribution in [3.63, 3.8) is 0 Å². The molecule has 0 nitrogen and oxygen atoms in total. The Morgan fingerprint density at radius 3 is 2.81 bits per heavy atom. The summed E-state index contributed by atoms with van der Waals surface area (Å²) < 4.78 is 0. The van der Waals surface area contributed by atoms with Crippen molar-refractivity contribution < 1.29 is 0 Å². The van der Waals surface area contributed by atoms with Gasteiger partial charge in [0, 0.05) is 5.92 Å². The quantitative estimate of drug-likeness (QED) is 0.576. The van der Waals surface area contributed by atoms with Crippen LogP contribution in [0.1, 0.15) is 47.0 Å². The Bertz CT molecular complexity index is 352. The summed E-state index contributed by atoms with van der Waals surface area (Å²) in [6.45, 7) is 9.38. The molecule has 0 aromatic rings. The number of hydrogen-bond acceptors (Lipinski definition) is 0. The van der Waals surface area contributed by atoms with Gasteiger partial charge in [0.25, 0.3) is 0 Å². The SMILES string of the molecule is CCC(C)(C)C1=CC=CC2C(C)=CCCC12. The highest BCUT2D eigenvalue weighted by molar-refractivity contribution is 5.34. The van der Waals surface area contributed by atoms with E-state index in [4.69, 9.17) is 0 Å².